The van der Waals surface area contributed by atoms with Crippen molar-refractivity contribution in [2.45, 2.75) is 110 Å². The first-order valence-electron chi connectivity index (χ1n) is 10.8. The molecule has 0 spiro atoms. The van der Waals surface area contributed by atoms with Crippen LogP contribution in [0.15, 0.2) is 12.2 Å². The third-order valence-corrected chi connectivity index (χ3v) is 4.95. The minimum Gasteiger partial charge on any atom is -0.349 e. The van der Waals surface area contributed by atoms with Crippen molar-refractivity contribution in [3.63, 3.8) is 0 Å². The lowest BCUT2D eigenvalue weighted by atomic mass is 10.1. The van der Waals surface area contributed by atoms with Gasteiger partial charge in [0.2, 0.25) is 5.91 Å². The zero-order valence-electron chi connectivity index (χ0n) is 18.1. The first-order chi connectivity index (χ1) is 13.2. The second kappa shape index (κ2) is 16.2. The van der Waals surface area contributed by atoms with Gasteiger partial charge in [0, 0.05) is 6.42 Å². The van der Waals surface area contributed by atoms with Crippen molar-refractivity contribution in [3.05, 3.63) is 12.2 Å². The molecule has 6 nitrogen and oxygen atoms in total. The average Bonchev–Trinajstić information content (AvgIpc) is 2.59. The summed E-state index contributed by atoms with van der Waals surface area (Å²) in [5, 5.41) is 2.76. The molecule has 0 saturated heterocycles. The molecule has 0 aliphatic heterocycles. The molecule has 0 saturated carbocycles. The topological polar surface area (TPSA) is 95.9 Å². The van der Waals surface area contributed by atoms with E-state index in [9.17, 15) is 9.36 Å². The Morgan fingerprint density at radius 1 is 0.929 bits per heavy atom. The number of rotatable bonds is 18. The molecule has 3 N–H and O–H groups in total. The SMILES string of the molecule is CCCCCCCC/C=C\CCCCCCC(=O)NC(C)(C)COP(=O)(O)O. The first kappa shape index (κ1) is 27.3. The Kier molecular flexibility index (Phi) is 15.8. The van der Waals surface area contributed by atoms with Gasteiger partial charge in [-0.3, -0.25) is 9.32 Å². The van der Waals surface area contributed by atoms with Gasteiger partial charge in [0.25, 0.3) is 0 Å². The van der Waals surface area contributed by atoms with Crippen LogP contribution in [0.25, 0.3) is 0 Å². The Balaban J connectivity index is 3.56. The van der Waals surface area contributed by atoms with Crippen molar-refractivity contribution < 1.29 is 23.7 Å². The van der Waals surface area contributed by atoms with Crippen LogP contribution in [0, 0.1) is 0 Å². The number of unbranched alkanes of at least 4 members (excludes halogenated alkanes) is 10. The Bertz CT molecular complexity index is 473. The van der Waals surface area contributed by atoms with Gasteiger partial charge in [-0.05, 0) is 46.0 Å². The molecule has 0 heterocycles. The Hall–Kier alpha value is -0.680. The molecule has 0 aromatic heterocycles. The number of amides is 1. The van der Waals surface area contributed by atoms with E-state index in [4.69, 9.17) is 9.79 Å². The molecule has 0 unspecified atom stereocenters. The molecular weight excluding hydrogens is 377 g/mol. The van der Waals surface area contributed by atoms with E-state index in [1.165, 1.54) is 44.9 Å². The van der Waals surface area contributed by atoms with Crippen LogP contribution in [0.4, 0.5) is 0 Å². The van der Waals surface area contributed by atoms with Gasteiger partial charge in [-0.25, -0.2) is 4.57 Å². The summed E-state index contributed by atoms with van der Waals surface area (Å²) >= 11 is 0. The fourth-order valence-electron chi connectivity index (χ4n) is 2.90. The average molecular weight is 420 g/mol. The highest BCUT2D eigenvalue weighted by atomic mass is 31.2. The van der Waals surface area contributed by atoms with Gasteiger partial charge in [0.15, 0.2) is 0 Å². The smallest absolute Gasteiger partial charge is 0.349 e. The maximum atomic E-state index is 11.9. The first-order valence-corrected chi connectivity index (χ1v) is 12.4. The number of nitrogens with one attached hydrogen (secondary N) is 1. The summed E-state index contributed by atoms with van der Waals surface area (Å²) < 4.78 is 15.2. The molecule has 0 fully saturated rings. The number of hydrogen-bond acceptors (Lipinski definition) is 3. The van der Waals surface area contributed by atoms with E-state index in [0.717, 1.165) is 32.1 Å². The molecule has 0 aromatic carbocycles. The Morgan fingerprint density at radius 3 is 1.96 bits per heavy atom. The predicted octanol–water partition coefficient (Wildman–Crippen LogP) is 5.64. The molecule has 0 atom stereocenters. The van der Waals surface area contributed by atoms with Crippen molar-refractivity contribution in [2.75, 3.05) is 6.61 Å². The maximum Gasteiger partial charge on any atom is 0.469 e. The molecule has 0 rings (SSSR count). The van der Waals surface area contributed by atoms with Crippen LogP contribution in [-0.4, -0.2) is 27.8 Å². The van der Waals surface area contributed by atoms with Crippen LogP contribution in [0.3, 0.4) is 0 Å². The Morgan fingerprint density at radius 2 is 1.43 bits per heavy atom. The number of carbonyl (C=O) groups excluding carboxylic acids is 1. The molecular formula is C21H42NO5P. The molecule has 0 bridgehead atoms. The Labute approximate surface area is 171 Å². The normalized spacial score (nSPS) is 12.6. The van der Waals surface area contributed by atoms with Crippen LogP contribution < -0.4 is 5.32 Å². The number of phosphoric acid groups is 1. The van der Waals surface area contributed by atoms with Gasteiger partial charge >= 0.3 is 7.82 Å². The van der Waals surface area contributed by atoms with Crippen LogP contribution in [-0.2, 0) is 13.9 Å². The van der Waals surface area contributed by atoms with Gasteiger partial charge in [0.1, 0.15) is 0 Å². The fraction of sp³-hybridized carbons (Fsp3) is 0.857. The summed E-state index contributed by atoms with van der Waals surface area (Å²) in [6.07, 6.45) is 19.4. The monoisotopic (exact) mass is 419 g/mol. The van der Waals surface area contributed by atoms with E-state index < -0.39 is 13.4 Å². The van der Waals surface area contributed by atoms with Crippen LogP contribution >= 0.6 is 7.82 Å². The van der Waals surface area contributed by atoms with Crippen molar-refractivity contribution in [1.29, 1.82) is 0 Å². The lowest BCUT2D eigenvalue weighted by Gasteiger charge is -2.26. The predicted molar refractivity (Wildman–Crippen MR) is 115 cm³/mol. The largest absolute Gasteiger partial charge is 0.469 e. The second-order valence-corrected chi connectivity index (χ2v) is 9.42. The molecule has 0 aliphatic rings. The standard InChI is InChI=1S/C21H42NO5P/c1-4-5-6-7-8-9-10-11-12-13-14-15-16-17-18-20(23)22-21(2,3)19-27-28(24,25)26/h11-12H,4-10,13-19H2,1-3H3,(H,22,23)(H2,24,25,26)/b12-11-. The third kappa shape index (κ3) is 20.1. The van der Waals surface area contributed by atoms with Gasteiger partial charge in [0.05, 0.1) is 12.1 Å². The number of allylic oxidation sites excluding steroid dienone is 2. The van der Waals surface area contributed by atoms with Crippen molar-refractivity contribution in [2.24, 2.45) is 0 Å². The lowest BCUT2D eigenvalue weighted by Crippen LogP contribution is -2.46. The number of phosphoric ester groups is 1. The van der Waals surface area contributed by atoms with Gasteiger partial charge in [-0.15, -0.1) is 0 Å². The highest BCUT2D eigenvalue weighted by Gasteiger charge is 2.25. The van der Waals surface area contributed by atoms with Gasteiger partial charge in [-0.1, -0.05) is 64.0 Å². The number of hydrogen-bond donors (Lipinski definition) is 3. The van der Waals surface area contributed by atoms with Crippen LogP contribution in [0.1, 0.15) is 104 Å². The molecule has 0 aliphatic carbocycles. The quantitative estimate of drug-likeness (QED) is 0.152. The van der Waals surface area contributed by atoms with E-state index in [0.29, 0.717) is 6.42 Å². The van der Waals surface area contributed by atoms with Crippen LogP contribution in [0.2, 0.25) is 0 Å². The summed E-state index contributed by atoms with van der Waals surface area (Å²) in [6, 6.07) is 0. The van der Waals surface area contributed by atoms with E-state index in [-0.39, 0.29) is 12.5 Å². The summed E-state index contributed by atoms with van der Waals surface area (Å²) in [6.45, 7) is 5.37. The third-order valence-electron chi connectivity index (χ3n) is 4.49. The maximum absolute atomic E-state index is 11.9. The number of carbonyl (C=O) groups is 1. The molecule has 0 radical (unpaired) electrons. The summed E-state index contributed by atoms with van der Waals surface area (Å²) in [7, 11) is -4.51. The van der Waals surface area contributed by atoms with Crippen molar-refractivity contribution in [3.8, 4) is 0 Å². The lowest BCUT2D eigenvalue weighted by molar-refractivity contribution is -0.123. The molecule has 7 heteroatoms. The second-order valence-electron chi connectivity index (χ2n) is 8.18. The fourth-order valence-corrected chi connectivity index (χ4v) is 3.39. The van der Waals surface area contributed by atoms with E-state index in [2.05, 4.69) is 28.9 Å². The zero-order chi connectivity index (χ0) is 21.3. The van der Waals surface area contributed by atoms with Gasteiger partial charge in [-0.2, -0.15) is 0 Å². The van der Waals surface area contributed by atoms with E-state index >= 15 is 0 Å². The summed E-state index contributed by atoms with van der Waals surface area (Å²) in [4.78, 5) is 29.4. The molecule has 0 aromatic rings. The molecule has 166 valence electrons. The van der Waals surface area contributed by atoms with Crippen LogP contribution in [0.5, 0.6) is 0 Å². The molecule has 1 amide bonds. The van der Waals surface area contributed by atoms with Crippen molar-refractivity contribution >= 4 is 13.7 Å². The minimum absolute atomic E-state index is 0.113. The summed E-state index contributed by atoms with van der Waals surface area (Å²) in [5.74, 6) is -0.113. The summed E-state index contributed by atoms with van der Waals surface area (Å²) in [5.41, 5.74) is -0.807. The highest BCUT2D eigenvalue weighted by Crippen LogP contribution is 2.36. The zero-order valence-corrected chi connectivity index (χ0v) is 19.0. The van der Waals surface area contributed by atoms with Gasteiger partial charge < -0.3 is 15.1 Å². The van der Waals surface area contributed by atoms with E-state index in [1.54, 1.807) is 13.8 Å². The highest BCUT2D eigenvalue weighted by molar-refractivity contribution is 7.46. The molecule has 28 heavy (non-hydrogen) atoms. The van der Waals surface area contributed by atoms with Crippen molar-refractivity contribution in [1.82, 2.24) is 5.32 Å². The van der Waals surface area contributed by atoms with E-state index in [1.807, 2.05) is 0 Å². The minimum atomic E-state index is -4.51.